The first kappa shape index (κ1) is 11.3. The van der Waals surface area contributed by atoms with Crippen molar-refractivity contribution in [1.82, 2.24) is 14.8 Å². The van der Waals surface area contributed by atoms with Crippen LogP contribution < -0.4 is 5.32 Å². The molecule has 0 saturated carbocycles. The van der Waals surface area contributed by atoms with E-state index in [-0.39, 0.29) is 5.91 Å². The Kier molecular flexibility index (Phi) is 2.86. The van der Waals surface area contributed by atoms with Gasteiger partial charge in [0, 0.05) is 30.5 Å². The fraction of sp³-hybridized carbons (Fsp3) is 0. The number of aromatic amines is 1. The lowest BCUT2D eigenvalue weighted by Gasteiger charge is -2.06. The predicted molar refractivity (Wildman–Crippen MR) is 72.3 cm³/mol. The molecule has 5 heteroatoms. The molecule has 1 amide bonds. The molecule has 2 N–H and O–H groups in total. The lowest BCUT2D eigenvalue weighted by molar-refractivity contribution is 0.102. The standard InChI is InChI=1S/C14H12N4O/c19-14(11-5-7-15-10-11)17-12-3-1-4-13(9-12)18-8-2-6-16-18/h1-10,15H,(H,17,19). The Labute approximate surface area is 109 Å². The van der Waals surface area contributed by atoms with Gasteiger partial charge in [0.15, 0.2) is 0 Å². The molecule has 0 spiro atoms. The van der Waals surface area contributed by atoms with Crippen molar-refractivity contribution in [3.8, 4) is 5.69 Å². The summed E-state index contributed by atoms with van der Waals surface area (Å²) in [7, 11) is 0. The first-order chi connectivity index (χ1) is 9.33. The van der Waals surface area contributed by atoms with Gasteiger partial charge in [-0.25, -0.2) is 4.68 Å². The third-order valence-electron chi connectivity index (χ3n) is 2.73. The fourth-order valence-electron chi connectivity index (χ4n) is 1.82. The molecule has 3 rings (SSSR count). The van der Waals surface area contributed by atoms with Gasteiger partial charge in [-0.15, -0.1) is 0 Å². The van der Waals surface area contributed by atoms with Gasteiger partial charge in [-0.05, 0) is 30.3 Å². The maximum Gasteiger partial charge on any atom is 0.257 e. The highest BCUT2D eigenvalue weighted by atomic mass is 16.1. The van der Waals surface area contributed by atoms with Crippen molar-refractivity contribution in [2.24, 2.45) is 0 Å². The van der Waals surface area contributed by atoms with Gasteiger partial charge in [-0.1, -0.05) is 6.07 Å². The van der Waals surface area contributed by atoms with E-state index < -0.39 is 0 Å². The van der Waals surface area contributed by atoms with Gasteiger partial charge in [0.2, 0.25) is 0 Å². The number of carbonyl (C=O) groups excluding carboxylic acids is 1. The van der Waals surface area contributed by atoms with Gasteiger partial charge >= 0.3 is 0 Å². The van der Waals surface area contributed by atoms with Gasteiger partial charge in [-0.2, -0.15) is 5.10 Å². The van der Waals surface area contributed by atoms with E-state index in [1.54, 1.807) is 29.3 Å². The van der Waals surface area contributed by atoms with Crippen molar-refractivity contribution < 1.29 is 4.79 Å². The predicted octanol–water partition coefficient (Wildman–Crippen LogP) is 2.45. The lowest BCUT2D eigenvalue weighted by atomic mass is 10.2. The third-order valence-corrected chi connectivity index (χ3v) is 2.73. The number of benzene rings is 1. The van der Waals surface area contributed by atoms with E-state index in [0.717, 1.165) is 11.4 Å². The molecule has 0 aliphatic carbocycles. The van der Waals surface area contributed by atoms with Crippen LogP contribution in [0.1, 0.15) is 10.4 Å². The zero-order valence-electron chi connectivity index (χ0n) is 10.1. The van der Waals surface area contributed by atoms with Crippen molar-refractivity contribution in [3.05, 3.63) is 66.7 Å². The van der Waals surface area contributed by atoms with E-state index in [1.165, 1.54) is 0 Å². The average molecular weight is 252 g/mol. The van der Waals surface area contributed by atoms with Crippen LogP contribution in [-0.2, 0) is 0 Å². The summed E-state index contributed by atoms with van der Waals surface area (Å²) in [4.78, 5) is 14.8. The van der Waals surface area contributed by atoms with Crippen LogP contribution in [-0.4, -0.2) is 20.7 Å². The summed E-state index contributed by atoms with van der Waals surface area (Å²) in [6, 6.07) is 11.1. The molecule has 0 atom stereocenters. The number of rotatable bonds is 3. The summed E-state index contributed by atoms with van der Waals surface area (Å²) in [5.74, 6) is -0.140. The molecular formula is C14H12N4O. The Hall–Kier alpha value is -2.82. The molecule has 0 fully saturated rings. The zero-order valence-corrected chi connectivity index (χ0v) is 10.1. The summed E-state index contributed by atoms with van der Waals surface area (Å²) >= 11 is 0. The molecule has 0 bridgehead atoms. The Morgan fingerprint density at radius 2 is 2.21 bits per heavy atom. The Morgan fingerprint density at radius 1 is 1.26 bits per heavy atom. The molecule has 94 valence electrons. The number of nitrogens with zero attached hydrogens (tertiary/aromatic N) is 2. The van der Waals surface area contributed by atoms with Crippen molar-refractivity contribution in [3.63, 3.8) is 0 Å². The maximum atomic E-state index is 11.9. The zero-order chi connectivity index (χ0) is 13.1. The first-order valence-electron chi connectivity index (χ1n) is 5.87. The van der Waals surface area contributed by atoms with Gasteiger partial charge in [0.1, 0.15) is 0 Å². The fourth-order valence-corrected chi connectivity index (χ4v) is 1.82. The Morgan fingerprint density at radius 3 is 2.95 bits per heavy atom. The monoisotopic (exact) mass is 252 g/mol. The molecule has 0 aliphatic heterocycles. The number of anilines is 1. The van der Waals surface area contributed by atoms with E-state index >= 15 is 0 Å². The van der Waals surface area contributed by atoms with Crippen LogP contribution in [0.25, 0.3) is 5.69 Å². The molecular weight excluding hydrogens is 240 g/mol. The van der Waals surface area contributed by atoms with Gasteiger partial charge in [0.05, 0.1) is 11.3 Å². The van der Waals surface area contributed by atoms with Gasteiger partial charge in [0.25, 0.3) is 5.91 Å². The number of H-pyrrole nitrogens is 1. The van der Waals surface area contributed by atoms with Crippen LogP contribution in [0.4, 0.5) is 5.69 Å². The van der Waals surface area contributed by atoms with Crippen molar-refractivity contribution in [1.29, 1.82) is 0 Å². The van der Waals surface area contributed by atoms with E-state index in [9.17, 15) is 4.79 Å². The first-order valence-corrected chi connectivity index (χ1v) is 5.87. The number of hydrogen-bond donors (Lipinski definition) is 2. The Bertz CT molecular complexity index is 671. The minimum atomic E-state index is -0.140. The SMILES string of the molecule is O=C(Nc1cccc(-n2cccn2)c1)c1cc[nH]c1. The second kappa shape index (κ2) is 4.81. The average Bonchev–Trinajstić information content (AvgIpc) is 3.13. The van der Waals surface area contributed by atoms with Crippen LogP contribution in [0, 0.1) is 0 Å². The molecule has 2 heterocycles. The van der Waals surface area contributed by atoms with Crippen molar-refractivity contribution in [2.75, 3.05) is 5.32 Å². The lowest BCUT2D eigenvalue weighted by Crippen LogP contribution is -2.11. The summed E-state index contributed by atoms with van der Waals surface area (Å²) in [5, 5.41) is 7.00. The summed E-state index contributed by atoms with van der Waals surface area (Å²) < 4.78 is 1.74. The molecule has 3 aromatic rings. The highest BCUT2D eigenvalue weighted by Crippen LogP contribution is 2.14. The smallest absolute Gasteiger partial charge is 0.257 e. The molecule has 19 heavy (non-hydrogen) atoms. The van der Waals surface area contributed by atoms with Crippen LogP contribution in [0.3, 0.4) is 0 Å². The number of hydrogen-bond acceptors (Lipinski definition) is 2. The minimum Gasteiger partial charge on any atom is -0.367 e. The number of carbonyl (C=O) groups is 1. The second-order valence-corrected chi connectivity index (χ2v) is 4.05. The maximum absolute atomic E-state index is 11.9. The molecule has 2 aromatic heterocycles. The van der Waals surface area contributed by atoms with Gasteiger partial charge < -0.3 is 10.3 Å². The molecule has 5 nitrogen and oxygen atoms in total. The second-order valence-electron chi connectivity index (χ2n) is 4.05. The van der Waals surface area contributed by atoms with E-state index in [2.05, 4.69) is 15.4 Å². The van der Waals surface area contributed by atoms with Crippen LogP contribution in [0.15, 0.2) is 61.2 Å². The van der Waals surface area contributed by atoms with Crippen LogP contribution >= 0.6 is 0 Å². The van der Waals surface area contributed by atoms with E-state index in [1.807, 2.05) is 36.5 Å². The molecule has 0 saturated heterocycles. The van der Waals surface area contributed by atoms with Crippen molar-refractivity contribution >= 4 is 11.6 Å². The molecule has 1 aromatic carbocycles. The third kappa shape index (κ3) is 2.40. The molecule has 0 aliphatic rings. The van der Waals surface area contributed by atoms with Gasteiger partial charge in [-0.3, -0.25) is 4.79 Å². The summed E-state index contributed by atoms with van der Waals surface area (Å²) in [5.41, 5.74) is 2.24. The van der Waals surface area contributed by atoms with Crippen LogP contribution in [0.2, 0.25) is 0 Å². The highest BCUT2D eigenvalue weighted by Gasteiger charge is 2.06. The number of amides is 1. The quantitative estimate of drug-likeness (QED) is 0.752. The summed E-state index contributed by atoms with van der Waals surface area (Å²) in [6.45, 7) is 0. The topological polar surface area (TPSA) is 62.7 Å². The largest absolute Gasteiger partial charge is 0.367 e. The van der Waals surface area contributed by atoms with E-state index in [4.69, 9.17) is 0 Å². The van der Waals surface area contributed by atoms with E-state index in [0.29, 0.717) is 5.56 Å². The number of nitrogens with one attached hydrogen (secondary N) is 2. The summed E-state index contributed by atoms with van der Waals surface area (Å²) in [6.07, 6.45) is 6.94. The van der Waals surface area contributed by atoms with Crippen LogP contribution in [0.5, 0.6) is 0 Å². The molecule has 0 unspecified atom stereocenters. The Balaban J connectivity index is 1.82. The highest BCUT2D eigenvalue weighted by molar-refractivity contribution is 6.04. The minimum absolute atomic E-state index is 0.140. The number of aromatic nitrogens is 3. The molecule has 0 radical (unpaired) electrons. The van der Waals surface area contributed by atoms with Crippen molar-refractivity contribution in [2.45, 2.75) is 0 Å². The normalized spacial score (nSPS) is 10.3.